The van der Waals surface area contributed by atoms with Crippen molar-refractivity contribution in [2.24, 2.45) is 0 Å². The highest BCUT2D eigenvalue weighted by Gasteiger charge is 2.23. The zero-order valence-corrected chi connectivity index (χ0v) is 16.0. The van der Waals surface area contributed by atoms with Gasteiger partial charge in [0.15, 0.2) is 5.01 Å². The van der Waals surface area contributed by atoms with Crippen molar-refractivity contribution in [3.63, 3.8) is 0 Å². The zero-order valence-electron chi connectivity index (χ0n) is 14.4. The Kier molecular flexibility index (Phi) is 5.66. The van der Waals surface area contributed by atoms with Gasteiger partial charge >= 0.3 is 6.03 Å². The lowest BCUT2D eigenvalue weighted by atomic mass is 10.3. The number of rotatable bonds is 5. The van der Waals surface area contributed by atoms with Crippen molar-refractivity contribution in [3.05, 3.63) is 46.3 Å². The Morgan fingerprint density at radius 1 is 1.14 bits per heavy atom. The third-order valence-electron chi connectivity index (χ3n) is 3.41. The molecule has 0 aliphatic carbocycles. The molecule has 0 atom stereocenters. The number of anilines is 1. The molecule has 0 unspecified atom stereocenters. The lowest BCUT2D eigenvalue weighted by Gasteiger charge is -2.11. The molecule has 1 aromatic carbocycles. The minimum atomic E-state index is -3.10. The number of hydrogen-bond acceptors (Lipinski definition) is 6. The number of urea groups is 1. The van der Waals surface area contributed by atoms with Crippen molar-refractivity contribution in [2.45, 2.75) is 12.8 Å². The summed E-state index contributed by atoms with van der Waals surface area (Å²) >= 11 is 2.29. The molecule has 3 aromatic rings. The highest BCUT2D eigenvalue weighted by Crippen LogP contribution is 2.26. The van der Waals surface area contributed by atoms with Gasteiger partial charge < -0.3 is 10.6 Å². The molecule has 0 aliphatic heterocycles. The smallest absolute Gasteiger partial charge is 0.321 e. The van der Waals surface area contributed by atoms with Crippen molar-refractivity contribution in [1.29, 1.82) is 0 Å². The molecule has 146 valence electrons. The normalized spacial score (nSPS) is 11.2. The first-order chi connectivity index (χ1) is 13.2. The van der Waals surface area contributed by atoms with Gasteiger partial charge in [-0.1, -0.05) is 12.1 Å². The minimum Gasteiger partial charge on any atom is -0.332 e. The van der Waals surface area contributed by atoms with E-state index in [0.717, 1.165) is 16.0 Å². The number of carbonyl (C=O) groups excluding carboxylic acids is 3. The number of alkyl halides is 2. The summed E-state index contributed by atoms with van der Waals surface area (Å²) in [5.74, 6) is -4.41. The first-order valence-corrected chi connectivity index (χ1v) is 9.64. The number of thiazole rings is 1. The number of halogens is 2. The molecule has 3 N–H and O–H groups in total. The fourth-order valence-corrected chi connectivity index (χ4v) is 3.80. The van der Waals surface area contributed by atoms with Crippen LogP contribution < -0.4 is 16.0 Å². The van der Waals surface area contributed by atoms with Gasteiger partial charge in [-0.25, -0.2) is 18.6 Å². The van der Waals surface area contributed by atoms with Crippen molar-refractivity contribution < 1.29 is 23.2 Å². The number of para-hydroxylation sites is 1. The predicted octanol–water partition coefficient (Wildman–Crippen LogP) is 3.70. The summed E-state index contributed by atoms with van der Waals surface area (Å²) in [5, 5.41) is 8.45. The Balaban J connectivity index is 1.66. The third kappa shape index (κ3) is 4.87. The van der Waals surface area contributed by atoms with Crippen LogP contribution in [0.25, 0.3) is 10.2 Å². The predicted molar refractivity (Wildman–Crippen MR) is 103 cm³/mol. The Bertz CT molecular complexity index is 1010. The third-order valence-corrected chi connectivity index (χ3v) is 5.28. The van der Waals surface area contributed by atoms with E-state index in [0.29, 0.717) is 12.4 Å². The second-order valence-electron chi connectivity index (χ2n) is 5.81. The number of nitrogens with one attached hydrogen (secondary N) is 3. The van der Waals surface area contributed by atoms with Crippen LogP contribution in [0.4, 0.5) is 18.6 Å². The summed E-state index contributed by atoms with van der Waals surface area (Å²) in [6.45, 7) is -0.263. The molecule has 2 aromatic heterocycles. The summed E-state index contributed by atoms with van der Waals surface area (Å²) in [6, 6.07) is 7.63. The van der Waals surface area contributed by atoms with Crippen LogP contribution in [0, 0.1) is 0 Å². The maximum Gasteiger partial charge on any atom is 0.321 e. The fraction of sp³-hybridized carbons (Fsp3) is 0.176. The monoisotopic (exact) mass is 424 g/mol. The molecule has 0 radical (unpaired) electrons. The number of amides is 4. The Hall–Kier alpha value is -2.92. The maximum absolute atomic E-state index is 12.8. The molecular formula is C17H14F2N4O3S2. The highest BCUT2D eigenvalue weighted by molar-refractivity contribution is 7.20. The van der Waals surface area contributed by atoms with E-state index in [4.69, 9.17) is 0 Å². The van der Waals surface area contributed by atoms with Crippen LogP contribution in [0.2, 0.25) is 0 Å². The van der Waals surface area contributed by atoms with Gasteiger partial charge in [0.2, 0.25) is 0 Å². The summed E-state index contributed by atoms with van der Waals surface area (Å²) in [6.07, 6.45) is 0. The average Bonchev–Trinajstić information content (AvgIpc) is 3.25. The molecule has 0 bridgehead atoms. The largest absolute Gasteiger partial charge is 0.332 e. The molecule has 2 heterocycles. The molecule has 11 heteroatoms. The van der Waals surface area contributed by atoms with Gasteiger partial charge in [0.1, 0.15) is 5.00 Å². The lowest BCUT2D eigenvalue weighted by molar-refractivity contribution is 0.0252. The Morgan fingerprint density at radius 2 is 1.89 bits per heavy atom. The molecule has 7 nitrogen and oxygen atoms in total. The van der Waals surface area contributed by atoms with Gasteiger partial charge in [0.25, 0.3) is 17.7 Å². The summed E-state index contributed by atoms with van der Waals surface area (Å²) in [5.41, 5.74) is 0.726. The standard InChI is InChI=1S/C17H14F2N4O3S2/c1-17(18,19)8-20-16(26)23-12(24)9-6-7-27-14(9)22-13(25)15-21-10-4-2-3-5-11(10)28-15/h2-7H,8H2,1H3,(H,22,25)(H2,20,23,24,26). The number of aromatic nitrogens is 1. The molecular weight excluding hydrogens is 410 g/mol. The van der Waals surface area contributed by atoms with Crippen LogP contribution in [-0.2, 0) is 0 Å². The number of fused-ring (bicyclic) bond motifs is 1. The van der Waals surface area contributed by atoms with Gasteiger partial charge in [-0.05, 0) is 23.6 Å². The van der Waals surface area contributed by atoms with E-state index in [-0.39, 0.29) is 15.6 Å². The molecule has 0 fully saturated rings. The first-order valence-electron chi connectivity index (χ1n) is 7.94. The van der Waals surface area contributed by atoms with Gasteiger partial charge in [-0.2, -0.15) is 0 Å². The molecule has 28 heavy (non-hydrogen) atoms. The summed E-state index contributed by atoms with van der Waals surface area (Å²) in [4.78, 5) is 40.5. The molecule has 3 rings (SSSR count). The van der Waals surface area contributed by atoms with E-state index in [1.165, 1.54) is 17.4 Å². The van der Waals surface area contributed by atoms with Crippen LogP contribution in [-0.4, -0.2) is 35.3 Å². The van der Waals surface area contributed by atoms with Gasteiger partial charge in [0, 0.05) is 6.92 Å². The minimum absolute atomic E-state index is 0.0397. The van der Waals surface area contributed by atoms with Crippen LogP contribution in [0.1, 0.15) is 27.1 Å². The zero-order chi connectivity index (χ0) is 20.3. The second-order valence-corrected chi connectivity index (χ2v) is 7.76. The number of hydrogen-bond donors (Lipinski definition) is 3. The van der Waals surface area contributed by atoms with E-state index in [1.54, 1.807) is 11.4 Å². The van der Waals surface area contributed by atoms with Crippen LogP contribution in [0.15, 0.2) is 35.7 Å². The molecule has 0 saturated heterocycles. The molecule has 0 spiro atoms. The van der Waals surface area contributed by atoms with Gasteiger partial charge in [-0.3, -0.25) is 14.9 Å². The summed E-state index contributed by atoms with van der Waals surface area (Å²) in [7, 11) is 0. The number of nitrogens with zero attached hydrogens (tertiary/aromatic N) is 1. The summed E-state index contributed by atoms with van der Waals surface area (Å²) < 4.78 is 26.4. The number of benzene rings is 1. The SMILES string of the molecule is CC(F)(F)CNC(=O)NC(=O)c1ccsc1NC(=O)c1nc2ccccc2s1. The maximum atomic E-state index is 12.8. The highest BCUT2D eigenvalue weighted by atomic mass is 32.1. The number of thiophene rings is 1. The number of imide groups is 1. The van der Waals surface area contributed by atoms with Crippen LogP contribution in [0.5, 0.6) is 0 Å². The fourth-order valence-electron chi connectivity index (χ4n) is 2.16. The molecule has 0 saturated carbocycles. The topological polar surface area (TPSA) is 100 Å². The van der Waals surface area contributed by atoms with Gasteiger partial charge in [-0.15, -0.1) is 22.7 Å². The number of carbonyl (C=O) groups is 3. The van der Waals surface area contributed by atoms with E-state index < -0.39 is 30.3 Å². The average molecular weight is 424 g/mol. The van der Waals surface area contributed by atoms with Crippen molar-refractivity contribution >= 4 is 55.7 Å². The van der Waals surface area contributed by atoms with E-state index in [1.807, 2.05) is 28.8 Å². The molecule has 0 aliphatic rings. The Labute approximate surface area is 165 Å². The van der Waals surface area contributed by atoms with Crippen LogP contribution in [0.3, 0.4) is 0 Å². The van der Waals surface area contributed by atoms with E-state index >= 15 is 0 Å². The quantitative estimate of drug-likeness (QED) is 0.581. The van der Waals surface area contributed by atoms with Crippen molar-refractivity contribution in [3.8, 4) is 0 Å². The Morgan fingerprint density at radius 3 is 2.61 bits per heavy atom. The van der Waals surface area contributed by atoms with Crippen molar-refractivity contribution in [1.82, 2.24) is 15.6 Å². The second kappa shape index (κ2) is 7.98. The van der Waals surface area contributed by atoms with E-state index in [2.05, 4.69) is 10.3 Å². The lowest BCUT2D eigenvalue weighted by Crippen LogP contribution is -2.43. The molecule has 4 amide bonds. The van der Waals surface area contributed by atoms with Crippen LogP contribution >= 0.6 is 22.7 Å². The van der Waals surface area contributed by atoms with Gasteiger partial charge in [0.05, 0.1) is 22.3 Å². The van der Waals surface area contributed by atoms with E-state index in [9.17, 15) is 23.2 Å². The first kappa shape index (κ1) is 19.8. The van der Waals surface area contributed by atoms with Crippen molar-refractivity contribution in [2.75, 3.05) is 11.9 Å².